The molecule has 0 atom stereocenters. The van der Waals surface area contributed by atoms with Crippen molar-refractivity contribution in [1.29, 1.82) is 5.26 Å². The monoisotopic (exact) mass is 270 g/mol. The number of nitrogens with zero attached hydrogens (tertiary/aromatic N) is 2. The summed E-state index contributed by atoms with van der Waals surface area (Å²) < 4.78 is 1.07. The van der Waals surface area contributed by atoms with Crippen molar-refractivity contribution in [2.75, 3.05) is 5.43 Å². The quantitative estimate of drug-likeness (QED) is 0.882. The lowest BCUT2D eigenvalue weighted by molar-refractivity contribution is 0.824. The predicted octanol–water partition coefficient (Wildman–Crippen LogP) is 1.41. The summed E-state index contributed by atoms with van der Waals surface area (Å²) >= 11 is 0. The van der Waals surface area contributed by atoms with Crippen LogP contribution in [0, 0.1) is 11.3 Å². The number of anilines is 1. The van der Waals surface area contributed by atoms with Crippen LogP contribution in [-0.2, 0) is 0 Å². The summed E-state index contributed by atoms with van der Waals surface area (Å²) in [5.74, 6) is 0.421. The number of benzene rings is 1. The van der Waals surface area contributed by atoms with Gasteiger partial charge in [-0.05, 0) is 23.6 Å². The molecule has 0 aliphatic rings. The van der Waals surface area contributed by atoms with Crippen molar-refractivity contribution in [3.8, 4) is 6.07 Å². The molecule has 6 nitrogen and oxygen atoms in total. The Morgan fingerprint density at radius 2 is 1.90 bits per heavy atom. The van der Waals surface area contributed by atoms with Gasteiger partial charge in [-0.3, -0.25) is 15.2 Å². The molecular formula is C14H14N4O2. The lowest BCUT2D eigenvalue weighted by Gasteiger charge is -2.10. The van der Waals surface area contributed by atoms with E-state index in [1.54, 1.807) is 6.07 Å². The number of nitrogens with one attached hydrogen (secondary N) is 2. The largest absolute Gasteiger partial charge is 0.347 e. The van der Waals surface area contributed by atoms with E-state index in [-0.39, 0.29) is 5.56 Å². The summed E-state index contributed by atoms with van der Waals surface area (Å²) in [5, 5.41) is 8.78. The summed E-state index contributed by atoms with van der Waals surface area (Å²) in [6.45, 7) is 4.18. The van der Waals surface area contributed by atoms with Crippen molar-refractivity contribution in [2.24, 2.45) is 0 Å². The molecule has 2 aromatic rings. The second-order valence-corrected chi connectivity index (χ2v) is 4.67. The van der Waals surface area contributed by atoms with Gasteiger partial charge in [-0.2, -0.15) is 5.26 Å². The second-order valence-electron chi connectivity index (χ2n) is 4.67. The Hall–Kier alpha value is -2.81. The molecule has 0 amide bonds. The molecule has 102 valence electrons. The number of hydrogen-bond acceptors (Lipinski definition) is 4. The van der Waals surface area contributed by atoms with Crippen molar-refractivity contribution < 1.29 is 0 Å². The summed E-state index contributed by atoms with van der Waals surface area (Å²) in [6, 6.07) is 9.30. The second kappa shape index (κ2) is 5.45. The first kappa shape index (κ1) is 13.6. The van der Waals surface area contributed by atoms with E-state index in [9.17, 15) is 9.59 Å². The third kappa shape index (κ3) is 2.78. The van der Waals surface area contributed by atoms with Gasteiger partial charge in [0.1, 0.15) is 11.6 Å². The highest BCUT2D eigenvalue weighted by molar-refractivity contribution is 5.45. The molecule has 0 saturated carbocycles. The normalized spacial score (nSPS) is 10.3. The number of aromatic amines is 1. The minimum Gasteiger partial charge on any atom is -0.290 e. The van der Waals surface area contributed by atoms with Crippen LogP contribution in [0.3, 0.4) is 0 Å². The van der Waals surface area contributed by atoms with E-state index >= 15 is 0 Å². The van der Waals surface area contributed by atoms with Crippen LogP contribution in [0.4, 0.5) is 5.69 Å². The van der Waals surface area contributed by atoms with Gasteiger partial charge in [-0.1, -0.05) is 26.0 Å². The lowest BCUT2D eigenvalue weighted by Crippen LogP contribution is -2.34. The fourth-order valence-corrected chi connectivity index (χ4v) is 1.72. The number of rotatable bonds is 3. The van der Waals surface area contributed by atoms with E-state index in [1.165, 1.54) is 11.8 Å². The fourth-order valence-electron chi connectivity index (χ4n) is 1.72. The number of hydrogen-bond donors (Lipinski definition) is 2. The van der Waals surface area contributed by atoms with Gasteiger partial charge in [0, 0.05) is 0 Å². The maximum absolute atomic E-state index is 11.6. The van der Waals surface area contributed by atoms with Crippen molar-refractivity contribution in [1.82, 2.24) is 9.66 Å². The SMILES string of the molecule is CC(C)c1ccc(Nn2cc(C#N)c(=O)[nH]c2=O)cc1. The summed E-state index contributed by atoms with van der Waals surface area (Å²) in [5.41, 5.74) is 3.25. The molecule has 0 spiro atoms. The van der Waals surface area contributed by atoms with Crippen molar-refractivity contribution >= 4 is 5.69 Å². The Morgan fingerprint density at radius 1 is 1.25 bits per heavy atom. The van der Waals surface area contributed by atoms with E-state index in [1.807, 2.05) is 24.3 Å². The standard InChI is InChI=1S/C14H14N4O2/c1-9(2)10-3-5-12(6-4-10)17-18-8-11(7-15)13(19)16-14(18)20/h3-6,8-9,17H,1-2H3,(H,16,19,20). The molecule has 0 fully saturated rings. The summed E-state index contributed by atoms with van der Waals surface area (Å²) in [6.07, 6.45) is 1.18. The van der Waals surface area contributed by atoms with E-state index in [0.29, 0.717) is 11.6 Å². The van der Waals surface area contributed by atoms with E-state index in [4.69, 9.17) is 5.26 Å². The fraction of sp³-hybridized carbons (Fsp3) is 0.214. The molecule has 0 saturated heterocycles. The highest BCUT2D eigenvalue weighted by atomic mass is 16.2. The van der Waals surface area contributed by atoms with E-state index in [0.717, 1.165) is 4.68 Å². The molecule has 1 aromatic carbocycles. The average molecular weight is 270 g/mol. The Balaban J connectivity index is 2.33. The van der Waals surface area contributed by atoms with Gasteiger partial charge in [0.2, 0.25) is 0 Å². The maximum Gasteiger partial charge on any atom is 0.347 e. The molecule has 20 heavy (non-hydrogen) atoms. The topological polar surface area (TPSA) is 90.7 Å². The Labute approximate surface area is 115 Å². The number of aromatic nitrogens is 2. The first-order valence-corrected chi connectivity index (χ1v) is 6.14. The summed E-state index contributed by atoms with van der Waals surface area (Å²) in [7, 11) is 0. The zero-order chi connectivity index (χ0) is 14.7. The predicted molar refractivity (Wildman–Crippen MR) is 75.6 cm³/mol. The molecule has 0 aliphatic heterocycles. The van der Waals surface area contributed by atoms with Gasteiger partial charge >= 0.3 is 5.69 Å². The van der Waals surface area contributed by atoms with Gasteiger partial charge in [0.15, 0.2) is 0 Å². The van der Waals surface area contributed by atoms with Crippen LogP contribution in [0.2, 0.25) is 0 Å². The van der Waals surface area contributed by atoms with Crippen molar-refractivity contribution in [2.45, 2.75) is 19.8 Å². The highest BCUT2D eigenvalue weighted by Gasteiger charge is 2.04. The molecule has 1 heterocycles. The molecule has 0 radical (unpaired) electrons. The molecule has 0 unspecified atom stereocenters. The molecule has 0 aliphatic carbocycles. The Kier molecular flexibility index (Phi) is 3.71. The van der Waals surface area contributed by atoms with Gasteiger partial charge in [-0.15, -0.1) is 0 Å². The molecule has 2 rings (SSSR count). The van der Waals surface area contributed by atoms with Gasteiger partial charge in [0.25, 0.3) is 5.56 Å². The highest BCUT2D eigenvalue weighted by Crippen LogP contribution is 2.16. The van der Waals surface area contributed by atoms with Crippen LogP contribution in [0.15, 0.2) is 40.1 Å². The van der Waals surface area contributed by atoms with Crippen LogP contribution < -0.4 is 16.7 Å². The van der Waals surface area contributed by atoms with Gasteiger partial charge < -0.3 is 0 Å². The minimum atomic E-state index is -0.689. The third-order valence-electron chi connectivity index (χ3n) is 2.89. The number of H-pyrrole nitrogens is 1. The first-order valence-electron chi connectivity index (χ1n) is 6.14. The van der Waals surface area contributed by atoms with Crippen molar-refractivity contribution in [3.63, 3.8) is 0 Å². The van der Waals surface area contributed by atoms with Crippen molar-refractivity contribution in [3.05, 3.63) is 62.4 Å². The third-order valence-corrected chi connectivity index (χ3v) is 2.89. The molecule has 1 aromatic heterocycles. The van der Waals surface area contributed by atoms with Crippen LogP contribution >= 0.6 is 0 Å². The molecule has 0 bridgehead atoms. The maximum atomic E-state index is 11.6. The molecular weight excluding hydrogens is 256 g/mol. The lowest BCUT2D eigenvalue weighted by atomic mass is 10.0. The van der Waals surface area contributed by atoms with E-state index in [2.05, 4.69) is 24.3 Å². The van der Waals surface area contributed by atoms with Gasteiger partial charge in [0.05, 0.1) is 11.9 Å². The first-order chi connectivity index (χ1) is 9.51. The van der Waals surface area contributed by atoms with E-state index < -0.39 is 11.2 Å². The molecule has 6 heteroatoms. The zero-order valence-corrected chi connectivity index (χ0v) is 11.2. The summed E-state index contributed by atoms with van der Waals surface area (Å²) in [4.78, 5) is 25.0. The smallest absolute Gasteiger partial charge is 0.290 e. The van der Waals surface area contributed by atoms with Crippen LogP contribution in [0.25, 0.3) is 0 Å². The zero-order valence-electron chi connectivity index (χ0n) is 11.2. The van der Waals surface area contributed by atoms with Crippen LogP contribution in [0.1, 0.15) is 30.9 Å². The molecule has 2 N–H and O–H groups in total. The minimum absolute atomic E-state index is 0.129. The van der Waals surface area contributed by atoms with Crippen LogP contribution in [0.5, 0.6) is 0 Å². The Morgan fingerprint density at radius 3 is 2.45 bits per heavy atom. The average Bonchev–Trinajstić information content (AvgIpc) is 2.42. The Bertz CT molecular complexity index is 763. The van der Waals surface area contributed by atoms with Gasteiger partial charge in [-0.25, -0.2) is 9.47 Å². The number of nitriles is 1. The van der Waals surface area contributed by atoms with Crippen LogP contribution in [-0.4, -0.2) is 9.66 Å².